The van der Waals surface area contributed by atoms with Gasteiger partial charge in [-0.1, -0.05) is 72.5 Å². The van der Waals surface area contributed by atoms with Gasteiger partial charge in [0.05, 0.1) is 19.6 Å². The summed E-state index contributed by atoms with van der Waals surface area (Å²) in [5.74, 6) is 4.49. The van der Waals surface area contributed by atoms with Gasteiger partial charge >= 0.3 is 18.0 Å². The highest BCUT2D eigenvalue weighted by Gasteiger charge is 2.59. The molecule has 3 fully saturated rings. The van der Waals surface area contributed by atoms with E-state index in [1.165, 1.54) is 55.4 Å². The van der Waals surface area contributed by atoms with E-state index < -0.39 is 11.9 Å². The van der Waals surface area contributed by atoms with Gasteiger partial charge in [-0.25, -0.2) is 4.79 Å². The molecule has 302 valence electrons. The number of rotatable bonds is 19. The Kier molecular flexibility index (Phi) is 16.2. The number of fused-ring (bicyclic) bond motifs is 5. The van der Waals surface area contributed by atoms with E-state index in [-0.39, 0.29) is 62.7 Å². The summed E-state index contributed by atoms with van der Waals surface area (Å²) in [6.07, 6.45) is 16.7. The van der Waals surface area contributed by atoms with Crippen molar-refractivity contribution in [3.8, 4) is 0 Å². The van der Waals surface area contributed by atoms with Crippen molar-refractivity contribution in [2.24, 2.45) is 52.3 Å². The van der Waals surface area contributed by atoms with E-state index in [1.807, 2.05) is 0 Å². The number of carbonyl (C=O) groups is 4. The largest absolute Gasteiger partial charge is 0.466 e. The molecular formula is C44H74N2O7. The highest BCUT2D eigenvalue weighted by molar-refractivity contribution is 5.82. The summed E-state index contributed by atoms with van der Waals surface area (Å²) in [4.78, 5) is 50.9. The molecule has 5 unspecified atom stereocenters. The average molecular weight is 743 g/mol. The van der Waals surface area contributed by atoms with E-state index >= 15 is 0 Å². The first kappa shape index (κ1) is 43.2. The lowest BCUT2D eigenvalue weighted by Crippen LogP contribution is -2.51. The number of esters is 2. The van der Waals surface area contributed by atoms with Crippen LogP contribution in [0.2, 0.25) is 0 Å². The van der Waals surface area contributed by atoms with Crippen molar-refractivity contribution in [1.29, 1.82) is 0 Å². The fourth-order valence-corrected chi connectivity index (χ4v) is 11.1. The second-order valence-electron chi connectivity index (χ2n) is 18.0. The van der Waals surface area contributed by atoms with Gasteiger partial charge < -0.3 is 24.4 Å². The lowest BCUT2D eigenvalue weighted by Gasteiger charge is -2.58. The molecule has 0 saturated heterocycles. The predicted molar refractivity (Wildman–Crippen MR) is 209 cm³/mol. The van der Waals surface area contributed by atoms with Crippen LogP contribution in [0.1, 0.15) is 152 Å². The zero-order chi connectivity index (χ0) is 38.8. The Morgan fingerprint density at radius 1 is 0.868 bits per heavy atom. The minimum absolute atomic E-state index is 0.0294. The standard InChI is InChI=1S/C44H74N2O7/c1-9-51-40(48)23-27-46(29-41(49)52-10-2)39(47)14-12-11-13-26-45-42(50)53-34-21-24-43(7)33(28-34)17-18-35-37-20-19-36(44(37,8)25-22-38(35)43)32(6)31(5)16-15-30(3)4/h17,30-32,34-38H,9-16,18-29H2,1-8H3,(H,45,50)/t31?,32?,34-,35?,36+,37?,38?,43-,44+/m0/s1. The van der Waals surface area contributed by atoms with Crippen LogP contribution in [-0.4, -0.2) is 67.8 Å². The monoisotopic (exact) mass is 743 g/mol. The lowest BCUT2D eigenvalue weighted by atomic mass is 9.46. The average Bonchev–Trinajstić information content (AvgIpc) is 3.47. The molecule has 9 atom stereocenters. The van der Waals surface area contributed by atoms with Crippen LogP contribution in [-0.2, 0) is 28.6 Å². The topological polar surface area (TPSA) is 111 Å². The molecule has 0 spiro atoms. The summed E-state index contributed by atoms with van der Waals surface area (Å²) >= 11 is 0. The van der Waals surface area contributed by atoms with Crippen LogP contribution in [0.25, 0.3) is 0 Å². The van der Waals surface area contributed by atoms with Gasteiger partial charge in [-0.15, -0.1) is 0 Å². The molecule has 0 bridgehead atoms. The van der Waals surface area contributed by atoms with Crippen LogP contribution in [0.5, 0.6) is 0 Å². The number of ether oxygens (including phenoxy) is 3. The molecule has 4 aliphatic rings. The summed E-state index contributed by atoms with van der Waals surface area (Å²) in [7, 11) is 0. The third-order valence-electron chi connectivity index (χ3n) is 14.3. The first-order valence-corrected chi connectivity index (χ1v) is 21.5. The molecule has 0 radical (unpaired) electrons. The van der Waals surface area contributed by atoms with Gasteiger partial charge in [0.25, 0.3) is 0 Å². The van der Waals surface area contributed by atoms with Crippen LogP contribution in [0, 0.1) is 52.3 Å². The van der Waals surface area contributed by atoms with Crippen molar-refractivity contribution >= 4 is 23.9 Å². The zero-order valence-corrected chi connectivity index (χ0v) is 34.6. The van der Waals surface area contributed by atoms with Crippen molar-refractivity contribution in [2.45, 2.75) is 158 Å². The SMILES string of the molecule is CCOC(=O)CCN(CC(=O)OCC)C(=O)CCCCCNC(=O)O[C@H]1CC[C@@]2(C)C(=CCC3C2CC[C@@]2(C)C3CC[C@@H]2C(C)C(C)CCC(C)C)C1. The van der Waals surface area contributed by atoms with Crippen LogP contribution < -0.4 is 5.32 Å². The Balaban J connectivity index is 1.19. The quantitative estimate of drug-likeness (QED) is 0.0608. The number of unbranched alkanes of at least 4 members (excludes halogenated alkanes) is 2. The highest BCUT2D eigenvalue weighted by Crippen LogP contribution is 2.67. The molecule has 4 aliphatic carbocycles. The van der Waals surface area contributed by atoms with Crippen molar-refractivity contribution in [2.75, 3.05) is 32.8 Å². The number of carbonyl (C=O) groups excluding carboxylic acids is 4. The molecule has 9 nitrogen and oxygen atoms in total. The van der Waals surface area contributed by atoms with E-state index in [1.54, 1.807) is 13.8 Å². The smallest absolute Gasteiger partial charge is 0.407 e. The van der Waals surface area contributed by atoms with Gasteiger partial charge in [0.1, 0.15) is 12.6 Å². The molecule has 2 amide bonds. The second-order valence-corrected chi connectivity index (χ2v) is 18.0. The Bertz CT molecular complexity index is 1270. The van der Waals surface area contributed by atoms with Crippen LogP contribution in [0.15, 0.2) is 11.6 Å². The van der Waals surface area contributed by atoms with Crippen LogP contribution >= 0.6 is 0 Å². The van der Waals surface area contributed by atoms with Crippen LogP contribution in [0.4, 0.5) is 4.79 Å². The van der Waals surface area contributed by atoms with Crippen molar-refractivity contribution in [3.05, 3.63) is 11.6 Å². The number of hydrogen-bond acceptors (Lipinski definition) is 7. The number of nitrogens with one attached hydrogen (secondary N) is 1. The van der Waals surface area contributed by atoms with E-state index in [0.717, 1.165) is 73.5 Å². The fourth-order valence-electron chi connectivity index (χ4n) is 11.1. The van der Waals surface area contributed by atoms with Gasteiger partial charge in [-0.2, -0.15) is 0 Å². The van der Waals surface area contributed by atoms with Gasteiger partial charge in [-0.05, 0) is 124 Å². The van der Waals surface area contributed by atoms with Gasteiger partial charge in [0.2, 0.25) is 5.91 Å². The number of amides is 2. The zero-order valence-electron chi connectivity index (χ0n) is 34.6. The first-order valence-electron chi connectivity index (χ1n) is 21.5. The second kappa shape index (κ2) is 19.8. The maximum atomic E-state index is 12.8. The third kappa shape index (κ3) is 11.0. The number of alkyl carbamates (subject to hydrolysis) is 1. The number of allylic oxidation sites excluding steroid dienone is 1. The molecule has 4 rings (SSSR count). The Hall–Kier alpha value is -2.58. The maximum Gasteiger partial charge on any atom is 0.407 e. The van der Waals surface area contributed by atoms with Crippen LogP contribution in [0.3, 0.4) is 0 Å². The summed E-state index contributed by atoms with van der Waals surface area (Å²) in [5, 5.41) is 2.93. The number of hydrogen-bond donors (Lipinski definition) is 1. The fraction of sp³-hybridized carbons (Fsp3) is 0.864. The summed E-state index contributed by atoms with van der Waals surface area (Å²) in [6.45, 7) is 19.3. The van der Waals surface area contributed by atoms with E-state index in [4.69, 9.17) is 14.2 Å². The lowest BCUT2D eigenvalue weighted by molar-refractivity contribution is -0.150. The summed E-state index contributed by atoms with van der Waals surface area (Å²) in [6, 6.07) is 0. The Morgan fingerprint density at radius 2 is 1.60 bits per heavy atom. The van der Waals surface area contributed by atoms with Crippen molar-refractivity contribution in [3.63, 3.8) is 0 Å². The highest BCUT2D eigenvalue weighted by atomic mass is 16.6. The first-order chi connectivity index (χ1) is 25.2. The molecular weight excluding hydrogens is 668 g/mol. The molecule has 0 aromatic rings. The molecule has 0 aromatic carbocycles. The molecule has 9 heteroatoms. The Labute approximate surface area is 321 Å². The molecule has 3 saturated carbocycles. The number of nitrogens with zero attached hydrogens (tertiary/aromatic N) is 1. The Morgan fingerprint density at radius 3 is 2.32 bits per heavy atom. The third-order valence-corrected chi connectivity index (χ3v) is 14.3. The van der Waals surface area contributed by atoms with E-state index in [9.17, 15) is 19.2 Å². The maximum absolute atomic E-state index is 12.8. The summed E-state index contributed by atoms with van der Waals surface area (Å²) < 4.78 is 15.9. The predicted octanol–water partition coefficient (Wildman–Crippen LogP) is 9.27. The molecule has 0 aliphatic heterocycles. The normalized spacial score (nSPS) is 30.2. The molecule has 0 heterocycles. The van der Waals surface area contributed by atoms with Gasteiger partial charge in [0.15, 0.2) is 0 Å². The minimum Gasteiger partial charge on any atom is -0.466 e. The van der Waals surface area contributed by atoms with E-state index in [0.29, 0.717) is 18.4 Å². The van der Waals surface area contributed by atoms with E-state index in [2.05, 4.69) is 52.9 Å². The molecule has 0 aromatic heterocycles. The van der Waals surface area contributed by atoms with Crippen molar-refractivity contribution < 1.29 is 33.4 Å². The van der Waals surface area contributed by atoms with Crippen molar-refractivity contribution in [1.82, 2.24) is 10.2 Å². The molecule has 53 heavy (non-hydrogen) atoms. The van der Waals surface area contributed by atoms with Gasteiger partial charge in [0, 0.05) is 25.9 Å². The van der Waals surface area contributed by atoms with Gasteiger partial charge in [-0.3, -0.25) is 14.4 Å². The minimum atomic E-state index is -0.495. The molecule has 1 N–H and O–H groups in total. The summed E-state index contributed by atoms with van der Waals surface area (Å²) in [5.41, 5.74) is 2.22.